The van der Waals surface area contributed by atoms with Crippen LogP contribution >= 0.6 is 23.2 Å². The molecule has 0 heterocycles. The average Bonchev–Trinajstić information content (AvgIpc) is 2.69. The smallest absolute Gasteiger partial charge is 0.242 e. The van der Waals surface area contributed by atoms with Crippen LogP contribution in [0.5, 0.6) is 0 Å². The highest BCUT2D eigenvalue weighted by atomic mass is 35.5. The van der Waals surface area contributed by atoms with Crippen LogP contribution in [0.3, 0.4) is 0 Å². The van der Waals surface area contributed by atoms with Crippen molar-refractivity contribution in [2.45, 2.75) is 45.7 Å². The largest absolute Gasteiger partial charge is 0.354 e. The summed E-state index contributed by atoms with van der Waals surface area (Å²) in [5, 5.41) is 3.77. The molecule has 28 heavy (non-hydrogen) atoms. The van der Waals surface area contributed by atoms with E-state index in [-0.39, 0.29) is 18.2 Å². The van der Waals surface area contributed by atoms with Crippen LogP contribution in [0.4, 0.5) is 0 Å². The molecule has 6 heteroatoms. The van der Waals surface area contributed by atoms with E-state index in [2.05, 4.69) is 12.2 Å². The minimum atomic E-state index is -0.577. The predicted molar refractivity (Wildman–Crippen MR) is 115 cm³/mol. The fourth-order valence-electron chi connectivity index (χ4n) is 2.82. The molecule has 2 amide bonds. The number of carbonyl (C=O) groups excluding carboxylic acids is 2. The molecule has 0 aromatic heterocycles. The van der Waals surface area contributed by atoms with E-state index in [1.807, 2.05) is 30.3 Å². The Morgan fingerprint density at radius 1 is 1.04 bits per heavy atom. The van der Waals surface area contributed by atoms with Crippen molar-refractivity contribution in [2.75, 3.05) is 6.54 Å². The lowest BCUT2D eigenvalue weighted by atomic mass is 10.1. The van der Waals surface area contributed by atoms with E-state index < -0.39 is 6.04 Å². The van der Waals surface area contributed by atoms with Crippen LogP contribution in [-0.4, -0.2) is 29.3 Å². The van der Waals surface area contributed by atoms with Crippen molar-refractivity contribution in [1.82, 2.24) is 10.2 Å². The molecule has 2 aromatic rings. The number of benzene rings is 2. The van der Waals surface area contributed by atoms with Crippen molar-refractivity contribution in [2.24, 2.45) is 0 Å². The summed E-state index contributed by atoms with van der Waals surface area (Å²) >= 11 is 12.0. The topological polar surface area (TPSA) is 49.4 Å². The van der Waals surface area contributed by atoms with Gasteiger partial charge >= 0.3 is 0 Å². The van der Waals surface area contributed by atoms with Gasteiger partial charge in [0, 0.05) is 13.1 Å². The van der Waals surface area contributed by atoms with E-state index in [0.717, 1.165) is 24.0 Å². The van der Waals surface area contributed by atoms with Gasteiger partial charge in [0.1, 0.15) is 6.04 Å². The van der Waals surface area contributed by atoms with Crippen LogP contribution in [0, 0.1) is 0 Å². The molecule has 0 saturated heterocycles. The number of nitrogens with zero attached hydrogens (tertiary/aromatic N) is 1. The molecule has 2 aromatic carbocycles. The molecule has 2 rings (SSSR count). The molecule has 0 unspecified atom stereocenters. The molecule has 0 aliphatic rings. The maximum absolute atomic E-state index is 13.1. The number of hydrogen-bond donors (Lipinski definition) is 1. The second-order valence-corrected chi connectivity index (χ2v) is 7.57. The van der Waals surface area contributed by atoms with E-state index in [0.29, 0.717) is 23.1 Å². The van der Waals surface area contributed by atoms with Gasteiger partial charge in [-0.05, 0) is 36.6 Å². The Balaban J connectivity index is 2.17. The molecule has 0 aliphatic heterocycles. The van der Waals surface area contributed by atoms with Gasteiger partial charge in [-0.15, -0.1) is 0 Å². The number of hydrogen-bond acceptors (Lipinski definition) is 2. The normalized spacial score (nSPS) is 11.7. The third-order valence-corrected chi connectivity index (χ3v) is 5.27. The molecule has 4 nitrogen and oxygen atoms in total. The summed E-state index contributed by atoms with van der Waals surface area (Å²) in [6.07, 6.45) is 2.06. The van der Waals surface area contributed by atoms with Crippen LogP contribution in [0.25, 0.3) is 0 Å². The van der Waals surface area contributed by atoms with Gasteiger partial charge in [-0.3, -0.25) is 9.59 Å². The monoisotopic (exact) mass is 420 g/mol. The second kappa shape index (κ2) is 11.1. The van der Waals surface area contributed by atoms with Gasteiger partial charge in [-0.2, -0.15) is 0 Å². The van der Waals surface area contributed by atoms with Crippen molar-refractivity contribution < 1.29 is 9.59 Å². The van der Waals surface area contributed by atoms with E-state index in [4.69, 9.17) is 23.2 Å². The Bertz CT molecular complexity index is 796. The molecule has 0 radical (unpaired) electrons. The van der Waals surface area contributed by atoms with Crippen molar-refractivity contribution in [3.63, 3.8) is 0 Å². The molecule has 0 fully saturated rings. The van der Waals surface area contributed by atoms with Crippen LogP contribution < -0.4 is 5.32 Å². The zero-order chi connectivity index (χ0) is 20.5. The quantitative estimate of drug-likeness (QED) is 0.588. The fraction of sp³-hybridized carbons (Fsp3) is 0.364. The van der Waals surface area contributed by atoms with Crippen LogP contribution in [0.1, 0.15) is 37.8 Å². The first-order chi connectivity index (χ1) is 13.4. The molecule has 0 aliphatic carbocycles. The Kier molecular flexibility index (Phi) is 8.81. The molecule has 0 spiro atoms. The number of amides is 2. The second-order valence-electron chi connectivity index (χ2n) is 6.75. The lowest BCUT2D eigenvalue weighted by molar-refractivity contribution is -0.140. The highest BCUT2D eigenvalue weighted by molar-refractivity contribution is 6.42. The van der Waals surface area contributed by atoms with Crippen molar-refractivity contribution >= 4 is 35.0 Å². The van der Waals surface area contributed by atoms with Gasteiger partial charge in [0.15, 0.2) is 0 Å². The summed E-state index contributed by atoms with van der Waals surface area (Å²) < 4.78 is 0. The number of unbranched alkanes of at least 4 members (excludes halogenated alkanes) is 1. The summed E-state index contributed by atoms with van der Waals surface area (Å²) in [5.41, 5.74) is 1.73. The minimum absolute atomic E-state index is 0.139. The Hall–Kier alpha value is -2.04. The first kappa shape index (κ1) is 22.3. The highest BCUT2D eigenvalue weighted by Crippen LogP contribution is 2.23. The maximum atomic E-state index is 13.1. The maximum Gasteiger partial charge on any atom is 0.242 e. The minimum Gasteiger partial charge on any atom is -0.354 e. The van der Waals surface area contributed by atoms with Crippen LogP contribution in [0.2, 0.25) is 10.0 Å². The number of halogens is 2. The lowest BCUT2D eigenvalue weighted by Crippen LogP contribution is -2.48. The van der Waals surface area contributed by atoms with E-state index in [9.17, 15) is 9.59 Å². The fourth-order valence-corrected chi connectivity index (χ4v) is 3.15. The van der Waals surface area contributed by atoms with Gasteiger partial charge in [-0.25, -0.2) is 0 Å². The molecule has 1 atom stereocenters. The first-order valence-corrected chi connectivity index (χ1v) is 10.2. The zero-order valence-corrected chi connectivity index (χ0v) is 17.8. The Morgan fingerprint density at radius 3 is 2.39 bits per heavy atom. The third-order valence-electron chi connectivity index (χ3n) is 4.53. The van der Waals surface area contributed by atoms with E-state index >= 15 is 0 Å². The van der Waals surface area contributed by atoms with Gasteiger partial charge in [0.05, 0.1) is 16.5 Å². The summed E-state index contributed by atoms with van der Waals surface area (Å²) in [4.78, 5) is 27.2. The molecule has 0 bridgehead atoms. The van der Waals surface area contributed by atoms with Gasteiger partial charge in [-0.1, -0.05) is 72.9 Å². The lowest BCUT2D eigenvalue weighted by Gasteiger charge is -2.29. The van der Waals surface area contributed by atoms with E-state index in [1.54, 1.807) is 30.0 Å². The molecule has 1 N–H and O–H groups in total. The summed E-state index contributed by atoms with van der Waals surface area (Å²) in [6.45, 7) is 4.80. The Labute approximate surface area is 176 Å². The summed E-state index contributed by atoms with van der Waals surface area (Å²) in [6, 6.07) is 14.2. The standard InChI is InChI=1S/C22H26Cl2N2O2/c1-3-4-12-25-22(28)16(2)26(15-17-8-6-5-7-9-17)21(27)14-18-10-11-19(23)20(24)13-18/h5-11,13,16H,3-4,12,14-15H2,1-2H3,(H,25,28)/t16-/m1/s1. The van der Waals surface area contributed by atoms with E-state index in [1.165, 1.54) is 0 Å². The number of rotatable bonds is 9. The van der Waals surface area contributed by atoms with Crippen LogP contribution in [0.15, 0.2) is 48.5 Å². The SMILES string of the molecule is CCCCNC(=O)[C@@H](C)N(Cc1ccccc1)C(=O)Cc1ccc(Cl)c(Cl)c1. The predicted octanol–water partition coefficient (Wildman–Crippen LogP) is 4.87. The van der Waals surface area contributed by atoms with Crippen molar-refractivity contribution in [3.8, 4) is 0 Å². The van der Waals surface area contributed by atoms with Gasteiger partial charge in [0.25, 0.3) is 0 Å². The Morgan fingerprint density at radius 2 is 1.75 bits per heavy atom. The molecule has 150 valence electrons. The van der Waals surface area contributed by atoms with Gasteiger partial charge < -0.3 is 10.2 Å². The average molecular weight is 421 g/mol. The van der Waals surface area contributed by atoms with Crippen molar-refractivity contribution in [3.05, 3.63) is 69.7 Å². The summed E-state index contributed by atoms with van der Waals surface area (Å²) in [7, 11) is 0. The number of nitrogens with one attached hydrogen (secondary N) is 1. The molecule has 0 saturated carbocycles. The van der Waals surface area contributed by atoms with Crippen LogP contribution in [-0.2, 0) is 22.6 Å². The highest BCUT2D eigenvalue weighted by Gasteiger charge is 2.26. The van der Waals surface area contributed by atoms with Gasteiger partial charge in [0.2, 0.25) is 11.8 Å². The third kappa shape index (κ3) is 6.54. The summed E-state index contributed by atoms with van der Waals surface area (Å²) in [5.74, 6) is -0.285. The first-order valence-electron chi connectivity index (χ1n) is 9.47. The number of carbonyl (C=O) groups is 2. The molecular weight excluding hydrogens is 395 g/mol. The zero-order valence-electron chi connectivity index (χ0n) is 16.3. The molecular formula is C22H26Cl2N2O2. The van der Waals surface area contributed by atoms with Crippen molar-refractivity contribution in [1.29, 1.82) is 0 Å².